The molecule has 0 saturated heterocycles. The van der Waals surface area contributed by atoms with Crippen molar-refractivity contribution >= 4 is 17.1 Å². The first-order valence-corrected chi connectivity index (χ1v) is 6.83. The summed E-state index contributed by atoms with van der Waals surface area (Å²) in [6, 6.07) is 1.62. The molecule has 2 N–H and O–H groups in total. The summed E-state index contributed by atoms with van der Waals surface area (Å²) in [4.78, 5) is 22.9. The molecule has 2 aromatic heterocycles. The molecule has 4 rings (SSSR count). The molecule has 2 fully saturated rings. The highest BCUT2D eigenvalue weighted by molar-refractivity contribution is 5.90. The van der Waals surface area contributed by atoms with Crippen LogP contribution in [0.2, 0.25) is 0 Å². The number of imidazole rings is 1. The molecule has 0 radical (unpaired) electrons. The first kappa shape index (κ1) is 11.0. The van der Waals surface area contributed by atoms with Gasteiger partial charge in [-0.2, -0.15) is 0 Å². The lowest BCUT2D eigenvalue weighted by Crippen LogP contribution is -1.96. The SMILES string of the molecule is O=C(O)c1cnc2nc(C3C4CCCCC43)[nH]c2c1. The summed E-state index contributed by atoms with van der Waals surface area (Å²) in [7, 11) is 0. The van der Waals surface area contributed by atoms with Crippen molar-refractivity contribution in [3.63, 3.8) is 0 Å². The minimum atomic E-state index is -0.953. The number of carbonyl (C=O) groups is 1. The number of aromatic carboxylic acids is 1. The van der Waals surface area contributed by atoms with Crippen molar-refractivity contribution in [2.24, 2.45) is 11.8 Å². The minimum Gasteiger partial charge on any atom is -0.478 e. The Bertz CT molecular complexity index is 652. The van der Waals surface area contributed by atoms with Crippen LogP contribution < -0.4 is 0 Å². The Morgan fingerprint density at radius 2 is 2.05 bits per heavy atom. The van der Waals surface area contributed by atoms with E-state index in [1.165, 1.54) is 31.9 Å². The smallest absolute Gasteiger partial charge is 0.337 e. The van der Waals surface area contributed by atoms with Gasteiger partial charge in [-0.25, -0.2) is 14.8 Å². The molecule has 0 bridgehead atoms. The molecule has 2 unspecified atom stereocenters. The molecule has 2 saturated carbocycles. The molecular weight excluding hydrogens is 242 g/mol. The summed E-state index contributed by atoms with van der Waals surface area (Å²) in [5.41, 5.74) is 1.57. The Morgan fingerprint density at radius 1 is 1.32 bits per heavy atom. The third-order valence-corrected chi connectivity index (χ3v) is 4.57. The highest BCUT2D eigenvalue weighted by Gasteiger charge is 2.52. The van der Waals surface area contributed by atoms with Crippen molar-refractivity contribution in [3.05, 3.63) is 23.7 Å². The van der Waals surface area contributed by atoms with Gasteiger partial charge in [-0.3, -0.25) is 0 Å². The molecule has 2 atom stereocenters. The number of carboxylic acids is 1. The van der Waals surface area contributed by atoms with Gasteiger partial charge in [0, 0.05) is 12.1 Å². The molecule has 0 aromatic carbocycles. The van der Waals surface area contributed by atoms with Gasteiger partial charge in [-0.1, -0.05) is 12.8 Å². The van der Waals surface area contributed by atoms with Gasteiger partial charge in [0.15, 0.2) is 5.65 Å². The maximum absolute atomic E-state index is 10.9. The van der Waals surface area contributed by atoms with Gasteiger partial charge in [0.25, 0.3) is 0 Å². The van der Waals surface area contributed by atoms with Crippen LogP contribution in [0.15, 0.2) is 12.3 Å². The third-order valence-electron chi connectivity index (χ3n) is 4.57. The van der Waals surface area contributed by atoms with Gasteiger partial charge >= 0.3 is 5.97 Å². The van der Waals surface area contributed by atoms with Crippen molar-refractivity contribution < 1.29 is 9.90 Å². The van der Waals surface area contributed by atoms with Crippen LogP contribution in [0.4, 0.5) is 0 Å². The summed E-state index contributed by atoms with van der Waals surface area (Å²) >= 11 is 0. The Balaban J connectivity index is 1.70. The molecule has 0 spiro atoms. The lowest BCUT2D eigenvalue weighted by molar-refractivity contribution is 0.0696. The zero-order chi connectivity index (χ0) is 13.0. The van der Waals surface area contributed by atoms with E-state index in [1.807, 2.05) is 0 Å². The van der Waals surface area contributed by atoms with Gasteiger partial charge in [-0.15, -0.1) is 0 Å². The number of rotatable bonds is 2. The van der Waals surface area contributed by atoms with Gasteiger partial charge < -0.3 is 10.1 Å². The van der Waals surface area contributed by atoms with Crippen LogP contribution in [0.1, 0.15) is 47.8 Å². The zero-order valence-electron chi connectivity index (χ0n) is 10.5. The van der Waals surface area contributed by atoms with Crippen molar-refractivity contribution in [1.29, 1.82) is 0 Å². The molecule has 2 heterocycles. The Labute approximate surface area is 110 Å². The molecule has 98 valence electrons. The Kier molecular flexibility index (Phi) is 2.19. The van der Waals surface area contributed by atoms with Crippen molar-refractivity contribution in [2.45, 2.75) is 31.6 Å². The van der Waals surface area contributed by atoms with Crippen LogP contribution in [0, 0.1) is 11.8 Å². The third kappa shape index (κ3) is 1.64. The fourth-order valence-corrected chi connectivity index (χ4v) is 3.59. The number of hydrogen-bond acceptors (Lipinski definition) is 3. The van der Waals surface area contributed by atoms with Crippen LogP contribution in [-0.4, -0.2) is 26.0 Å². The fourth-order valence-electron chi connectivity index (χ4n) is 3.59. The average Bonchev–Trinajstić information content (AvgIpc) is 3.00. The van der Waals surface area contributed by atoms with Gasteiger partial charge in [0.05, 0.1) is 11.1 Å². The molecular formula is C14H15N3O2. The molecule has 0 aliphatic heterocycles. The molecule has 5 nitrogen and oxygen atoms in total. The highest BCUT2D eigenvalue weighted by Crippen LogP contribution is 2.60. The number of fused-ring (bicyclic) bond motifs is 2. The van der Waals surface area contributed by atoms with Gasteiger partial charge in [0.1, 0.15) is 5.82 Å². The van der Waals surface area contributed by atoms with Crippen LogP contribution in [-0.2, 0) is 0 Å². The quantitative estimate of drug-likeness (QED) is 0.866. The summed E-state index contributed by atoms with van der Waals surface area (Å²) in [6.07, 6.45) is 6.65. The average molecular weight is 257 g/mol. The van der Waals surface area contributed by atoms with E-state index in [4.69, 9.17) is 5.11 Å². The largest absolute Gasteiger partial charge is 0.478 e. The minimum absolute atomic E-state index is 0.205. The van der Waals surface area contributed by atoms with Gasteiger partial charge in [-0.05, 0) is 30.7 Å². The monoisotopic (exact) mass is 257 g/mol. The van der Waals surface area contributed by atoms with E-state index in [9.17, 15) is 4.79 Å². The number of carboxylic acid groups (broad SMARTS) is 1. The second kappa shape index (κ2) is 3.79. The zero-order valence-corrected chi connectivity index (χ0v) is 10.5. The summed E-state index contributed by atoms with van der Waals surface area (Å²) in [5.74, 6) is 2.17. The van der Waals surface area contributed by atoms with E-state index >= 15 is 0 Å². The number of nitrogens with zero attached hydrogens (tertiary/aromatic N) is 2. The van der Waals surface area contributed by atoms with Crippen LogP contribution in [0.25, 0.3) is 11.2 Å². The number of aromatic amines is 1. The number of nitrogens with one attached hydrogen (secondary N) is 1. The number of H-pyrrole nitrogens is 1. The Morgan fingerprint density at radius 3 is 2.74 bits per heavy atom. The second-order valence-electron chi connectivity index (χ2n) is 5.66. The molecule has 19 heavy (non-hydrogen) atoms. The predicted molar refractivity (Wildman–Crippen MR) is 69.0 cm³/mol. The van der Waals surface area contributed by atoms with Crippen molar-refractivity contribution in [1.82, 2.24) is 15.0 Å². The van der Waals surface area contributed by atoms with E-state index in [2.05, 4.69) is 15.0 Å². The van der Waals surface area contributed by atoms with E-state index in [1.54, 1.807) is 6.07 Å². The van der Waals surface area contributed by atoms with E-state index in [-0.39, 0.29) is 5.56 Å². The molecule has 5 heteroatoms. The Hall–Kier alpha value is -1.91. The standard InChI is InChI=1S/C14H15N3O2/c18-14(19)7-5-10-12(15-6-7)17-13(16-10)11-8-3-1-2-4-9(8)11/h5-6,8-9,11H,1-4H2,(H,18,19)(H,15,16,17). The van der Waals surface area contributed by atoms with Crippen LogP contribution in [0.3, 0.4) is 0 Å². The maximum Gasteiger partial charge on any atom is 0.337 e. The van der Waals surface area contributed by atoms with E-state index in [0.29, 0.717) is 11.6 Å². The first-order chi connectivity index (χ1) is 9.24. The molecule has 2 aliphatic carbocycles. The topological polar surface area (TPSA) is 78.9 Å². The summed E-state index contributed by atoms with van der Waals surface area (Å²) in [6.45, 7) is 0. The molecule has 2 aromatic rings. The summed E-state index contributed by atoms with van der Waals surface area (Å²) in [5, 5.41) is 8.97. The van der Waals surface area contributed by atoms with Crippen molar-refractivity contribution in [2.75, 3.05) is 0 Å². The van der Waals surface area contributed by atoms with Gasteiger partial charge in [0.2, 0.25) is 0 Å². The normalized spacial score (nSPS) is 29.2. The lowest BCUT2D eigenvalue weighted by atomic mass is 10.0. The number of hydrogen-bond donors (Lipinski definition) is 2. The fraction of sp³-hybridized carbons (Fsp3) is 0.500. The maximum atomic E-state index is 10.9. The van der Waals surface area contributed by atoms with Crippen molar-refractivity contribution in [3.8, 4) is 0 Å². The number of aromatic nitrogens is 3. The molecule has 2 aliphatic rings. The number of pyridine rings is 1. The van der Waals surface area contributed by atoms with E-state index in [0.717, 1.165) is 23.2 Å². The lowest BCUT2D eigenvalue weighted by Gasteiger charge is -2.04. The molecule has 0 amide bonds. The predicted octanol–water partition coefficient (Wildman–Crippen LogP) is 2.56. The summed E-state index contributed by atoms with van der Waals surface area (Å²) < 4.78 is 0. The second-order valence-corrected chi connectivity index (χ2v) is 5.66. The van der Waals surface area contributed by atoms with Crippen LogP contribution >= 0.6 is 0 Å². The highest BCUT2D eigenvalue weighted by atomic mass is 16.4. The van der Waals surface area contributed by atoms with E-state index < -0.39 is 5.97 Å². The van der Waals surface area contributed by atoms with Crippen LogP contribution in [0.5, 0.6) is 0 Å². The first-order valence-electron chi connectivity index (χ1n) is 6.83.